The van der Waals surface area contributed by atoms with Crippen LogP contribution in [0.15, 0.2) is 53.6 Å². The normalized spacial score (nSPS) is 10.4. The van der Waals surface area contributed by atoms with Gasteiger partial charge in [-0.1, -0.05) is 12.1 Å². The van der Waals surface area contributed by atoms with Crippen LogP contribution in [0.1, 0.15) is 15.9 Å². The number of hydrogen-bond acceptors (Lipinski definition) is 5. The van der Waals surface area contributed by atoms with Gasteiger partial charge >= 0.3 is 0 Å². The van der Waals surface area contributed by atoms with E-state index in [4.69, 9.17) is 4.74 Å². The van der Waals surface area contributed by atoms with Crippen molar-refractivity contribution < 1.29 is 14.5 Å². The Balaban J connectivity index is 2.03. The number of hydrogen-bond donors (Lipinski definition) is 1. The highest BCUT2D eigenvalue weighted by molar-refractivity contribution is 5.95. The van der Waals surface area contributed by atoms with Crippen molar-refractivity contribution in [2.75, 3.05) is 7.11 Å². The summed E-state index contributed by atoms with van der Waals surface area (Å²) in [5.41, 5.74) is 3.27. The van der Waals surface area contributed by atoms with Gasteiger partial charge in [-0.15, -0.1) is 0 Å². The average molecular weight is 299 g/mol. The third kappa shape index (κ3) is 3.66. The molecule has 0 spiro atoms. The molecule has 2 rings (SSSR count). The number of nitro groups is 1. The van der Waals surface area contributed by atoms with E-state index in [2.05, 4.69) is 10.5 Å². The first-order valence-corrected chi connectivity index (χ1v) is 6.32. The lowest BCUT2D eigenvalue weighted by molar-refractivity contribution is -0.384. The van der Waals surface area contributed by atoms with Gasteiger partial charge in [0.2, 0.25) is 0 Å². The summed E-state index contributed by atoms with van der Waals surface area (Å²) in [5.74, 6) is 0.178. The van der Waals surface area contributed by atoms with Crippen LogP contribution in [0.5, 0.6) is 5.75 Å². The summed E-state index contributed by atoms with van der Waals surface area (Å²) in [6.07, 6.45) is 1.46. The maximum absolute atomic E-state index is 11.8. The summed E-state index contributed by atoms with van der Waals surface area (Å²) in [7, 11) is 1.54. The number of carbonyl (C=O) groups excluding carboxylic acids is 1. The van der Waals surface area contributed by atoms with Crippen molar-refractivity contribution in [3.63, 3.8) is 0 Å². The van der Waals surface area contributed by atoms with Gasteiger partial charge in [0.05, 0.1) is 18.2 Å². The van der Waals surface area contributed by atoms with Crippen LogP contribution in [-0.4, -0.2) is 24.2 Å². The van der Waals surface area contributed by atoms with Gasteiger partial charge in [-0.05, 0) is 24.3 Å². The Bertz CT molecular complexity index is 711. The molecule has 7 nitrogen and oxygen atoms in total. The van der Waals surface area contributed by atoms with Crippen molar-refractivity contribution in [1.82, 2.24) is 5.43 Å². The molecule has 0 fully saturated rings. The third-order valence-corrected chi connectivity index (χ3v) is 2.85. The first kappa shape index (κ1) is 15.2. The van der Waals surface area contributed by atoms with Crippen LogP contribution in [0.25, 0.3) is 0 Å². The van der Waals surface area contributed by atoms with Crippen LogP contribution in [-0.2, 0) is 0 Å². The van der Waals surface area contributed by atoms with Crippen LogP contribution in [0.3, 0.4) is 0 Å². The Morgan fingerprint density at radius 2 is 1.91 bits per heavy atom. The molecule has 1 amide bonds. The SMILES string of the molecule is COc1ccccc1/C=N\NC(=O)c1ccc([N+](=O)[O-])cc1. The van der Waals surface area contributed by atoms with E-state index in [1.54, 1.807) is 19.2 Å². The van der Waals surface area contributed by atoms with E-state index in [-0.39, 0.29) is 11.3 Å². The molecule has 0 heterocycles. The molecule has 0 unspecified atom stereocenters. The van der Waals surface area contributed by atoms with Crippen molar-refractivity contribution >= 4 is 17.8 Å². The molecule has 0 atom stereocenters. The van der Waals surface area contributed by atoms with E-state index in [0.717, 1.165) is 0 Å². The summed E-state index contributed by atoms with van der Waals surface area (Å²) in [4.78, 5) is 21.9. The van der Waals surface area contributed by atoms with Crippen molar-refractivity contribution in [3.05, 3.63) is 69.8 Å². The van der Waals surface area contributed by atoms with E-state index in [1.165, 1.54) is 30.5 Å². The minimum atomic E-state index is -0.526. The first-order chi connectivity index (χ1) is 10.6. The number of methoxy groups -OCH3 is 1. The Kier molecular flexibility index (Phi) is 4.81. The highest BCUT2D eigenvalue weighted by Crippen LogP contribution is 2.14. The molecule has 0 saturated carbocycles. The minimum absolute atomic E-state index is 0.0749. The number of nitro benzene ring substituents is 1. The molecule has 0 aliphatic heterocycles. The number of non-ortho nitro benzene ring substituents is 1. The first-order valence-electron chi connectivity index (χ1n) is 6.32. The second-order valence-corrected chi connectivity index (χ2v) is 4.25. The summed E-state index contributed by atoms with van der Waals surface area (Å²) in [6.45, 7) is 0. The summed E-state index contributed by atoms with van der Waals surface area (Å²) in [5, 5.41) is 14.4. The van der Waals surface area contributed by atoms with Gasteiger partial charge in [0.15, 0.2) is 0 Å². The zero-order chi connectivity index (χ0) is 15.9. The molecule has 0 saturated heterocycles. The molecular formula is C15H13N3O4. The van der Waals surface area contributed by atoms with Crippen molar-refractivity contribution in [2.45, 2.75) is 0 Å². The Hall–Kier alpha value is -3.22. The van der Waals surface area contributed by atoms with Gasteiger partial charge in [0.25, 0.3) is 11.6 Å². The molecule has 0 bridgehead atoms. The monoisotopic (exact) mass is 299 g/mol. The van der Waals surface area contributed by atoms with E-state index in [9.17, 15) is 14.9 Å². The lowest BCUT2D eigenvalue weighted by Gasteiger charge is -2.03. The quantitative estimate of drug-likeness (QED) is 0.521. The Morgan fingerprint density at radius 3 is 2.55 bits per heavy atom. The van der Waals surface area contributed by atoms with Gasteiger partial charge in [0.1, 0.15) is 5.75 Å². The third-order valence-electron chi connectivity index (χ3n) is 2.85. The van der Waals surface area contributed by atoms with Gasteiger partial charge in [-0.25, -0.2) is 5.43 Å². The lowest BCUT2D eigenvalue weighted by atomic mass is 10.2. The maximum atomic E-state index is 11.8. The number of nitrogens with zero attached hydrogens (tertiary/aromatic N) is 2. The van der Waals surface area contributed by atoms with Crippen molar-refractivity contribution in [3.8, 4) is 5.75 Å². The maximum Gasteiger partial charge on any atom is 0.271 e. The molecular weight excluding hydrogens is 286 g/mol. The van der Waals surface area contributed by atoms with Crippen LogP contribution >= 0.6 is 0 Å². The molecule has 0 aliphatic carbocycles. The number of nitrogens with one attached hydrogen (secondary N) is 1. The molecule has 7 heteroatoms. The highest BCUT2D eigenvalue weighted by atomic mass is 16.6. The topological polar surface area (TPSA) is 93.8 Å². The van der Waals surface area contributed by atoms with E-state index in [1.807, 2.05) is 12.1 Å². The number of hydrazone groups is 1. The molecule has 2 aromatic carbocycles. The summed E-state index contributed by atoms with van der Waals surface area (Å²) in [6, 6.07) is 12.5. The van der Waals surface area contributed by atoms with Crippen LogP contribution in [0, 0.1) is 10.1 Å². The number of carbonyl (C=O) groups is 1. The molecule has 0 radical (unpaired) electrons. The lowest BCUT2D eigenvalue weighted by Crippen LogP contribution is -2.17. The molecule has 2 aromatic rings. The zero-order valence-electron chi connectivity index (χ0n) is 11.7. The second kappa shape index (κ2) is 6.98. The predicted molar refractivity (Wildman–Crippen MR) is 81.2 cm³/mol. The van der Waals surface area contributed by atoms with E-state index < -0.39 is 10.8 Å². The zero-order valence-corrected chi connectivity index (χ0v) is 11.7. The molecule has 0 aliphatic rings. The average Bonchev–Trinajstić information content (AvgIpc) is 2.55. The van der Waals surface area contributed by atoms with E-state index in [0.29, 0.717) is 11.3 Å². The van der Waals surface area contributed by atoms with Gasteiger partial charge in [-0.3, -0.25) is 14.9 Å². The number of ether oxygens (including phenoxy) is 1. The molecule has 1 N–H and O–H groups in total. The van der Waals surface area contributed by atoms with Gasteiger partial charge in [0, 0.05) is 23.3 Å². The fourth-order valence-electron chi connectivity index (χ4n) is 1.73. The Morgan fingerprint density at radius 1 is 1.23 bits per heavy atom. The van der Waals surface area contributed by atoms with Crippen LogP contribution < -0.4 is 10.2 Å². The number of para-hydroxylation sites is 1. The summed E-state index contributed by atoms with van der Waals surface area (Å²) >= 11 is 0. The molecule has 22 heavy (non-hydrogen) atoms. The van der Waals surface area contributed by atoms with E-state index >= 15 is 0 Å². The van der Waals surface area contributed by atoms with Crippen molar-refractivity contribution in [1.29, 1.82) is 0 Å². The van der Waals surface area contributed by atoms with Crippen LogP contribution in [0.2, 0.25) is 0 Å². The smallest absolute Gasteiger partial charge is 0.271 e. The Labute approximate surface area is 126 Å². The minimum Gasteiger partial charge on any atom is -0.496 e. The number of amides is 1. The van der Waals surface area contributed by atoms with Gasteiger partial charge < -0.3 is 4.74 Å². The fourth-order valence-corrected chi connectivity index (χ4v) is 1.73. The van der Waals surface area contributed by atoms with Crippen molar-refractivity contribution in [2.24, 2.45) is 5.10 Å². The van der Waals surface area contributed by atoms with Crippen LogP contribution in [0.4, 0.5) is 5.69 Å². The summed E-state index contributed by atoms with van der Waals surface area (Å²) < 4.78 is 5.16. The number of rotatable bonds is 5. The number of benzene rings is 2. The standard InChI is InChI=1S/C15H13N3O4/c1-22-14-5-3-2-4-12(14)10-16-17-15(19)11-6-8-13(9-7-11)18(20)21/h2-10H,1H3,(H,17,19)/b16-10-. The molecule has 0 aromatic heterocycles. The second-order valence-electron chi connectivity index (χ2n) is 4.25. The highest BCUT2D eigenvalue weighted by Gasteiger charge is 2.08. The predicted octanol–water partition coefficient (Wildman–Crippen LogP) is 2.37. The molecule has 112 valence electrons. The van der Waals surface area contributed by atoms with Gasteiger partial charge in [-0.2, -0.15) is 5.10 Å². The fraction of sp³-hybridized carbons (Fsp3) is 0.0667. The largest absolute Gasteiger partial charge is 0.496 e.